The highest BCUT2D eigenvalue weighted by molar-refractivity contribution is 6.01. The molecule has 0 amide bonds. The molecular formula is C29H28FN5O. The van der Waals surface area contributed by atoms with Crippen molar-refractivity contribution >= 4 is 22.2 Å². The van der Waals surface area contributed by atoms with Gasteiger partial charge in [0.25, 0.3) is 0 Å². The third-order valence-electron chi connectivity index (χ3n) is 7.11. The molecule has 1 aromatic heterocycles. The van der Waals surface area contributed by atoms with E-state index < -0.39 is 0 Å². The van der Waals surface area contributed by atoms with Gasteiger partial charge >= 0.3 is 0 Å². The van der Waals surface area contributed by atoms with Gasteiger partial charge in [0.2, 0.25) is 0 Å². The molecule has 0 aliphatic carbocycles. The van der Waals surface area contributed by atoms with Crippen LogP contribution in [0.1, 0.15) is 30.9 Å². The second-order valence-electron chi connectivity index (χ2n) is 9.38. The molecule has 6 rings (SSSR count). The van der Waals surface area contributed by atoms with Gasteiger partial charge in [0.15, 0.2) is 11.7 Å². The van der Waals surface area contributed by atoms with E-state index >= 15 is 0 Å². The summed E-state index contributed by atoms with van der Waals surface area (Å²) in [6.45, 7) is 5.47. The first-order valence-corrected chi connectivity index (χ1v) is 12.5. The molecule has 7 heteroatoms. The first-order valence-electron chi connectivity index (χ1n) is 12.5. The highest BCUT2D eigenvalue weighted by atomic mass is 19.1. The summed E-state index contributed by atoms with van der Waals surface area (Å²) in [6, 6.07) is 20.4. The molecule has 0 bridgehead atoms. The Morgan fingerprint density at radius 2 is 1.78 bits per heavy atom. The Kier molecular flexibility index (Phi) is 5.77. The van der Waals surface area contributed by atoms with Crippen LogP contribution in [0.2, 0.25) is 0 Å². The number of hydrogen-bond donors (Lipinski definition) is 3. The summed E-state index contributed by atoms with van der Waals surface area (Å²) in [6.07, 6.45) is 2.18. The van der Waals surface area contributed by atoms with Crippen molar-refractivity contribution in [1.29, 1.82) is 0 Å². The zero-order valence-corrected chi connectivity index (χ0v) is 20.1. The van der Waals surface area contributed by atoms with E-state index in [2.05, 4.69) is 28.2 Å². The van der Waals surface area contributed by atoms with Crippen LogP contribution in [0.4, 0.5) is 10.1 Å². The van der Waals surface area contributed by atoms with Gasteiger partial charge < -0.3 is 20.3 Å². The number of hydrogen-bond acceptors (Lipinski definition) is 5. The van der Waals surface area contributed by atoms with Gasteiger partial charge in [0.1, 0.15) is 5.82 Å². The zero-order valence-electron chi connectivity index (χ0n) is 20.1. The summed E-state index contributed by atoms with van der Waals surface area (Å²) in [7, 11) is 0. The van der Waals surface area contributed by atoms with E-state index in [0.29, 0.717) is 28.6 Å². The van der Waals surface area contributed by atoms with E-state index in [1.807, 2.05) is 42.5 Å². The van der Waals surface area contributed by atoms with Gasteiger partial charge in [-0.1, -0.05) is 31.2 Å². The predicted octanol–water partition coefficient (Wildman–Crippen LogP) is 4.58. The Bertz CT molecular complexity index is 1560. The summed E-state index contributed by atoms with van der Waals surface area (Å²) >= 11 is 0. The van der Waals surface area contributed by atoms with Crippen LogP contribution < -0.4 is 16.0 Å². The van der Waals surface area contributed by atoms with Gasteiger partial charge in [-0.15, -0.1) is 0 Å². The zero-order chi connectivity index (χ0) is 24.6. The standard InChI is InChI=1S/C29H28FN5O/c1-2-35-14-12-20(13-15-35)31-21-10-11-23-22(17-21)27(29(36)34-23)26(18-6-5-7-19(30)16-18)28-32-24-8-3-4-9-25(24)33-28/h3-11,16-17,20,31,34,36H,2,12-15H2,1H3. The Labute approximate surface area is 208 Å². The topological polar surface area (TPSA) is 76.0 Å². The summed E-state index contributed by atoms with van der Waals surface area (Å²) in [5.41, 5.74) is 3.54. The van der Waals surface area contributed by atoms with Crippen LogP contribution in [0, 0.1) is 5.82 Å². The van der Waals surface area contributed by atoms with Crippen molar-refractivity contribution in [1.82, 2.24) is 9.88 Å². The van der Waals surface area contributed by atoms with E-state index in [0.717, 1.165) is 59.8 Å². The third-order valence-corrected chi connectivity index (χ3v) is 7.11. The smallest absolute Gasteiger partial charge is 0.197 e. The second kappa shape index (κ2) is 9.24. The van der Waals surface area contributed by atoms with Crippen molar-refractivity contribution in [3.8, 4) is 5.88 Å². The number of para-hydroxylation sites is 2. The number of fused-ring (bicyclic) bond motifs is 2. The largest absolute Gasteiger partial charge is 0.494 e. The van der Waals surface area contributed by atoms with Crippen LogP contribution in [-0.4, -0.2) is 40.7 Å². The normalized spacial score (nSPS) is 16.0. The number of aromatic nitrogens is 1. The van der Waals surface area contributed by atoms with Gasteiger partial charge in [-0.2, -0.15) is 0 Å². The van der Waals surface area contributed by atoms with Gasteiger partial charge in [-0.25, -0.2) is 14.4 Å². The number of H-pyrrole nitrogens is 1. The average Bonchev–Trinajstić information content (AvgIpc) is 3.46. The number of nitrogens with one attached hydrogen (secondary N) is 2. The molecule has 182 valence electrons. The summed E-state index contributed by atoms with van der Waals surface area (Å²) in [4.78, 5) is 15.0. The Morgan fingerprint density at radius 1 is 1.03 bits per heavy atom. The number of likely N-dealkylation sites (tertiary alicyclic amines) is 1. The van der Waals surface area contributed by atoms with Crippen LogP contribution in [0.25, 0.3) is 16.5 Å². The van der Waals surface area contributed by atoms with Crippen LogP contribution in [0.15, 0.2) is 82.5 Å². The molecule has 3 aromatic carbocycles. The summed E-state index contributed by atoms with van der Waals surface area (Å²) in [5, 5.41) is 17.1. The van der Waals surface area contributed by atoms with Gasteiger partial charge in [0, 0.05) is 41.3 Å². The van der Waals surface area contributed by atoms with Gasteiger partial charge in [-0.3, -0.25) is 0 Å². The van der Waals surface area contributed by atoms with Crippen molar-refractivity contribution in [3.63, 3.8) is 0 Å². The minimum atomic E-state index is -0.360. The molecule has 2 aliphatic heterocycles. The minimum absolute atomic E-state index is 0.00604. The van der Waals surface area contributed by atoms with Crippen molar-refractivity contribution in [2.24, 2.45) is 9.98 Å². The fourth-order valence-electron chi connectivity index (χ4n) is 5.20. The number of benzene rings is 3. The SMILES string of the molecule is CCN1CCC(Nc2ccc3[nH]c(O)c(C(=C4N=c5ccccc5=N4)c4cccc(F)c4)c3c2)CC1. The average molecular weight is 482 g/mol. The Hall–Kier alpha value is -3.97. The predicted molar refractivity (Wildman–Crippen MR) is 140 cm³/mol. The quantitative estimate of drug-likeness (QED) is 0.391. The number of aromatic amines is 1. The number of rotatable bonds is 5. The number of aromatic hydroxyl groups is 1. The van der Waals surface area contributed by atoms with Crippen LogP contribution in [-0.2, 0) is 0 Å². The molecule has 36 heavy (non-hydrogen) atoms. The summed E-state index contributed by atoms with van der Waals surface area (Å²) < 4.78 is 14.3. The molecule has 2 aliphatic rings. The van der Waals surface area contributed by atoms with E-state index in [1.54, 1.807) is 6.07 Å². The van der Waals surface area contributed by atoms with E-state index in [4.69, 9.17) is 9.98 Å². The first-order chi connectivity index (χ1) is 17.6. The number of piperidine rings is 1. The van der Waals surface area contributed by atoms with E-state index in [9.17, 15) is 9.50 Å². The second-order valence-corrected chi connectivity index (χ2v) is 9.38. The van der Waals surface area contributed by atoms with E-state index in [1.165, 1.54) is 12.1 Å². The highest BCUT2D eigenvalue weighted by Gasteiger charge is 2.23. The maximum absolute atomic E-state index is 14.3. The third kappa shape index (κ3) is 4.16. The molecule has 0 unspecified atom stereocenters. The molecule has 0 saturated carbocycles. The monoisotopic (exact) mass is 481 g/mol. The molecule has 6 nitrogen and oxygen atoms in total. The number of anilines is 1. The minimum Gasteiger partial charge on any atom is -0.494 e. The van der Waals surface area contributed by atoms with Crippen molar-refractivity contribution in [2.75, 3.05) is 25.0 Å². The fraction of sp³-hybridized carbons (Fsp3) is 0.241. The Balaban J connectivity index is 1.48. The lowest BCUT2D eigenvalue weighted by molar-refractivity contribution is 0.229. The number of halogens is 1. The molecule has 0 radical (unpaired) electrons. The Morgan fingerprint density at radius 3 is 2.47 bits per heavy atom. The highest BCUT2D eigenvalue weighted by Crippen LogP contribution is 2.40. The van der Waals surface area contributed by atoms with Gasteiger partial charge in [-0.05, 0) is 67.4 Å². The van der Waals surface area contributed by atoms with Crippen molar-refractivity contribution < 1.29 is 9.50 Å². The molecule has 1 saturated heterocycles. The first kappa shape index (κ1) is 22.5. The van der Waals surface area contributed by atoms with Crippen LogP contribution >= 0.6 is 0 Å². The molecular weight excluding hydrogens is 453 g/mol. The molecule has 0 spiro atoms. The lowest BCUT2D eigenvalue weighted by Crippen LogP contribution is -2.38. The molecule has 1 fully saturated rings. The van der Waals surface area contributed by atoms with Crippen LogP contribution in [0.3, 0.4) is 0 Å². The molecule has 4 aromatic rings. The molecule has 3 N–H and O–H groups in total. The maximum Gasteiger partial charge on any atom is 0.197 e. The summed E-state index contributed by atoms with van der Waals surface area (Å²) in [5.74, 6) is 0.0936. The van der Waals surface area contributed by atoms with Crippen molar-refractivity contribution in [3.05, 3.63) is 100 Å². The molecule has 0 atom stereocenters. The lowest BCUT2D eigenvalue weighted by atomic mass is 9.96. The van der Waals surface area contributed by atoms with Crippen molar-refractivity contribution in [2.45, 2.75) is 25.8 Å². The maximum atomic E-state index is 14.3. The number of nitrogens with zero attached hydrogens (tertiary/aromatic N) is 3. The molecule has 3 heterocycles. The fourth-order valence-corrected chi connectivity index (χ4v) is 5.20. The van der Waals surface area contributed by atoms with Gasteiger partial charge in [0.05, 0.1) is 16.3 Å². The van der Waals surface area contributed by atoms with Crippen LogP contribution in [0.5, 0.6) is 5.88 Å². The van der Waals surface area contributed by atoms with E-state index in [-0.39, 0.29) is 11.7 Å². The lowest BCUT2D eigenvalue weighted by Gasteiger charge is -2.32.